The summed E-state index contributed by atoms with van der Waals surface area (Å²) in [5.41, 5.74) is 0. The highest BCUT2D eigenvalue weighted by molar-refractivity contribution is 5.69. The Morgan fingerprint density at radius 1 is 0.730 bits per heavy atom. The van der Waals surface area contributed by atoms with Gasteiger partial charge in [-0.25, -0.2) is 4.79 Å². The Kier molecular flexibility index (Phi) is 22.8. The number of carbonyl (C=O) groups is 2. The van der Waals surface area contributed by atoms with Crippen molar-refractivity contribution >= 4 is 12.1 Å². The van der Waals surface area contributed by atoms with Crippen LogP contribution in [0.3, 0.4) is 0 Å². The van der Waals surface area contributed by atoms with Crippen LogP contribution in [-0.4, -0.2) is 67.8 Å². The van der Waals surface area contributed by atoms with Gasteiger partial charge in [-0.3, -0.25) is 4.79 Å². The number of cyclic esters (lactones) is 1. The predicted octanol–water partition coefficient (Wildman–Crippen LogP) is 8.13. The van der Waals surface area contributed by atoms with Crippen LogP contribution in [0, 0.1) is 0 Å². The molecular formula is C31H60N2O4. The largest absolute Gasteiger partial charge is 0.466 e. The number of amides is 1. The summed E-state index contributed by atoms with van der Waals surface area (Å²) in [4.78, 5) is 28.0. The number of rotatable bonds is 27. The molecule has 0 spiro atoms. The van der Waals surface area contributed by atoms with E-state index in [1.54, 1.807) is 0 Å². The second-order valence-corrected chi connectivity index (χ2v) is 10.9. The Labute approximate surface area is 229 Å². The highest BCUT2D eigenvalue weighted by Gasteiger charge is 2.21. The van der Waals surface area contributed by atoms with Gasteiger partial charge >= 0.3 is 12.1 Å². The highest BCUT2D eigenvalue weighted by Crippen LogP contribution is 2.12. The molecule has 0 radical (unpaired) electrons. The van der Waals surface area contributed by atoms with Crippen molar-refractivity contribution in [1.82, 2.24) is 9.80 Å². The molecule has 1 heterocycles. The molecule has 0 aliphatic carbocycles. The van der Waals surface area contributed by atoms with Gasteiger partial charge in [0.15, 0.2) is 0 Å². The van der Waals surface area contributed by atoms with Gasteiger partial charge in [0, 0.05) is 13.0 Å². The molecule has 1 rings (SSSR count). The zero-order valence-electron chi connectivity index (χ0n) is 24.6. The molecule has 0 N–H and O–H groups in total. The van der Waals surface area contributed by atoms with E-state index in [0.29, 0.717) is 19.6 Å². The summed E-state index contributed by atoms with van der Waals surface area (Å²) in [5, 5.41) is 0. The number of carbonyl (C=O) groups excluding carboxylic acids is 2. The third-order valence-corrected chi connectivity index (χ3v) is 7.44. The lowest BCUT2D eigenvalue weighted by molar-refractivity contribution is -0.143. The normalized spacial score (nSPS) is 13.5. The third-order valence-electron chi connectivity index (χ3n) is 7.44. The molecule has 218 valence electrons. The molecule has 1 fully saturated rings. The summed E-state index contributed by atoms with van der Waals surface area (Å²) in [5.74, 6) is -0.0158. The minimum atomic E-state index is -0.149. The molecule has 0 bridgehead atoms. The minimum Gasteiger partial charge on any atom is -0.466 e. The summed E-state index contributed by atoms with van der Waals surface area (Å²) in [6.07, 6.45) is 23.8. The molecule has 1 saturated heterocycles. The van der Waals surface area contributed by atoms with Crippen molar-refractivity contribution in [3.05, 3.63) is 0 Å². The van der Waals surface area contributed by atoms with Gasteiger partial charge in [0.2, 0.25) is 0 Å². The van der Waals surface area contributed by atoms with E-state index >= 15 is 0 Å². The van der Waals surface area contributed by atoms with Crippen LogP contribution in [0.5, 0.6) is 0 Å². The molecule has 0 aromatic rings. The van der Waals surface area contributed by atoms with Crippen molar-refractivity contribution in [1.29, 1.82) is 0 Å². The van der Waals surface area contributed by atoms with Crippen LogP contribution < -0.4 is 0 Å². The number of hydrogen-bond acceptors (Lipinski definition) is 5. The Hall–Kier alpha value is -1.30. The van der Waals surface area contributed by atoms with Crippen LogP contribution in [0.15, 0.2) is 0 Å². The molecule has 0 atom stereocenters. The number of ether oxygens (including phenoxy) is 2. The van der Waals surface area contributed by atoms with E-state index in [1.807, 2.05) is 4.90 Å². The van der Waals surface area contributed by atoms with Gasteiger partial charge in [-0.15, -0.1) is 0 Å². The van der Waals surface area contributed by atoms with Gasteiger partial charge in [-0.05, 0) is 51.7 Å². The average Bonchev–Trinajstić information content (AvgIpc) is 3.31. The minimum absolute atomic E-state index is 0.0158. The van der Waals surface area contributed by atoms with Crippen molar-refractivity contribution in [2.45, 2.75) is 142 Å². The van der Waals surface area contributed by atoms with Crippen molar-refractivity contribution in [3.8, 4) is 0 Å². The first-order valence-electron chi connectivity index (χ1n) is 16.0. The fraction of sp³-hybridized carbons (Fsp3) is 0.935. The lowest BCUT2D eigenvalue weighted by atomic mass is 10.1. The first-order chi connectivity index (χ1) is 18.2. The van der Waals surface area contributed by atoms with E-state index < -0.39 is 0 Å². The van der Waals surface area contributed by atoms with Gasteiger partial charge in [0.05, 0.1) is 13.2 Å². The topological polar surface area (TPSA) is 59.1 Å². The second-order valence-electron chi connectivity index (χ2n) is 10.9. The summed E-state index contributed by atoms with van der Waals surface area (Å²) in [6, 6.07) is 0. The van der Waals surface area contributed by atoms with E-state index in [2.05, 4.69) is 18.7 Å². The van der Waals surface area contributed by atoms with Gasteiger partial charge in [0.25, 0.3) is 0 Å². The fourth-order valence-corrected chi connectivity index (χ4v) is 5.02. The maximum atomic E-state index is 11.9. The molecule has 1 amide bonds. The molecule has 0 aromatic heterocycles. The van der Waals surface area contributed by atoms with E-state index in [9.17, 15) is 9.59 Å². The van der Waals surface area contributed by atoms with E-state index in [4.69, 9.17) is 9.47 Å². The van der Waals surface area contributed by atoms with E-state index in [1.165, 1.54) is 103 Å². The molecule has 0 aromatic carbocycles. The zero-order valence-corrected chi connectivity index (χ0v) is 24.6. The standard InChI is InChI=1S/C31H60N2O4/c1-3-5-7-9-11-16-20-28-36-30(34)22-17-13-12-15-19-24-32(23-18-14-10-8-6-4-2)25-21-26-33-27-29-37-31(33)35/h3-29H2,1-2H3. The molecule has 37 heavy (non-hydrogen) atoms. The Morgan fingerprint density at radius 3 is 1.81 bits per heavy atom. The SMILES string of the molecule is CCCCCCCCCOC(=O)CCCCCCCN(CCCCCCCC)CCCN1CCOC1=O. The lowest BCUT2D eigenvalue weighted by Gasteiger charge is -2.23. The quantitative estimate of drug-likeness (QED) is 0.0802. The summed E-state index contributed by atoms with van der Waals surface area (Å²) >= 11 is 0. The third kappa shape index (κ3) is 20.4. The number of esters is 1. The van der Waals surface area contributed by atoms with Crippen molar-refractivity contribution < 1.29 is 19.1 Å². The average molecular weight is 525 g/mol. The van der Waals surface area contributed by atoms with Crippen LogP contribution in [0.25, 0.3) is 0 Å². The number of unbranched alkanes of at least 4 members (excludes halogenated alkanes) is 15. The van der Waals surface area contributed by atoms with Gasteiger partial charge in [-0.1, -0.05) is 104 Å². The molecule has 1 aliphatic rings. The highest BCUT2D eigenvalue weighted by atomic mass is 16.6. The van der Waals surface area contributed by atoms with Crippen LogP contribution in [0.4, 0.5) is 4.79 Å². The lowest BCUT2D eigenvalue weighted by Crippen LogP contribution is -2.32. The summed E-state index contributed by atoms with van der Waals surface area (Å²) < 4.78 is 10.4. The fourth-order valence-electron chi connectivity index (χ4n) is 5.02. The predicted molar refractivity (Wildman–Crippen MR) is 154 cm³/mol. The zero-order chi connectivity index (χ0) is 26.8. The molecular weight excluding hydrogens is 464 g/mol. The Morgan fingerprint density at radius 2 is 1.24 bits per heavy atom. The molecule has 1 aliphatic heterocycles. The molecule has 0 unspecified atom stereocenters. The Bertz CT molecular complexity index is 543. The van der Waals surface area contributed by atoms with Crippen LogP contribution >= 0.6 is 0 Å². The molecule has 6 heteroatoms. The summed E-state index contributed by atoms with van der Waals surface area (Å²) in [6.45, 7) is 10.6. The van der Waals surface area contributed by atoms with Crippen molar-refractivity contribution in [3.63, 3.8) is 0 Å². The van der Waals surface area contributed by atoms with Gasteiger partial charge in [0.1, 0.15) is 6.61 Å². The smallest absolute Gasteiger partial charge is 0.409 e. The van der Waals surface area contributed by atoms with Crippen LogP contribution in [0.2, 0.25) is 0 Å². The number of hydrogen-bond donors (Lipinski definition) is 0. The van der Waals surface area contributed by atoms with E-state index in [0.717, 1.165) is 51.9 Å². The molecule has 6 nitrogen and oxygen atoms in total. The first-order valence-corrected chi connectivity index (χ1v) is 16.0. The van der Waals surface area contributed by atoms with Crippen molar-refractivity contribution in [2.24, 2.45) is 0 Å². The van der Waals surface area contributed by atoms with Crippen LogP contribution in [-0.2, 0) is 14.3 Å². The molecule has 0 saturated carbocycles. The van der Waals surface area contributed by atoms with Crippen LogP contribution in [0.1, 0.15) is 142 Å². The summed E-state index contributed by atoms with van der Waals surface area (Å²) in [7, 11) is 0. The van der Waals surface area contributed by atoms with Crippen molar-refractivity contribution in [2.75, 3.05) is 45.9 Å². The van der Waals surface area contributed by atoms with Gasteiger partial charge < -0.3 is 19.3 Å². The Balaban J connectivity index is 2.06. The first kappa shape index (κ1) is 33.7. The maximum absolute atomic E-state index is 11.9. The second kappa shape index (κ2) is 25.0. The monoisotopic (exact) mass is 524 g/mol. The van der Waals surface area contributed by atoms with E-state index in [-0.39, 0.29) is 12.1 Å². The van der Waals surface area contributed by atoms with Gasteiger partial charge in [-0.2, -0.15) is 0 Å². The number of nitrogens with zero attached hydrogens (tertiary/aromatic N) is 2. The maximum Gasteiger partial charge on any atom is 0.409 e.